The average Bonchev–Trinajstić information content (AvgIpc) is 3.44. The highest BCUT2D eigenvalue weighted by atomic mass is 19.4. The van der Waals surface area contributed by atoms with Gasteiger partial charge in [-0.25, -0.2) is 9.07 Å². The Bertz CT molecular complexity index is 1580. The van der Waals surface area contributed by atoms with Crippen LogP contribution in [0.4, 0.5) is 28.9 Å². The lowest BCUT2D eigenvalue weighted by Crippen LogP contribution is -2.45. The number of amides is 1. The van der Waals surface area contributed by atoms with E-state index in [1.165, 1.54) is 30.1 Å². The van der Waals surface area contributed by atoms with Gasteiger partial charge in [0.05, 0.1) is 47.7 Å². The van der Waals surface area contributed by atoms with E-state index in [9.17, 15) is 18.0 Å². The van der Waals surface area contributed by atoms with Gasteiger partial charge in [0, 0.05) is 49.8 Å². The number of aromatic nitrogens is 5. The van der Waals surface area contributed by atoms with Crippen LogP contribution in [0.15, 0.2) is 49.1 Å². The van der Waals surface area contributed by atoms with E-state index >= 15 is 4.39 Å². The second-order valence-corrected chi connectivity index (χ2v) is 9.59. The number of rotatable bonds is 6. The number of methoxy groups -OCH3 is 1. The number of nitrogens with zero attached hydrogens (tertiary/aromatic N) is 7. The normalized spacial score (nSPS) is 14.3. The molecule has 1 saturated heterocycles. The van der Waals surface area contributed by atoms with Crippen molar-refractivity contribution in [3.8, 4) is 22.7 Å². The van der Waals surface area contributed by atoms with Crippen LogP contribution in [-0.4, -0.2) is 76.1 Å². The molecule has 0 atom stereocenters. The number of carbonyl (C=O) groups is 1. The SMILES string of the molecule is COc1cncc(-c2cn(-c3cc(C(=O)Nc4cc(N5CCN(C)CC5)c(F)c(C(F)(F)F)c4)cnc3C)nn2)c1. The standard InChI is InChI=1S/C27H26F4N8O2/c1-16-23(39-15-22(35-36-39)17-8-20(41-3)14-32-12-17)9-18(13-33-16)26(40)34-19-10-21(27(29,30)31)25(28)24(11-19)38-6-4-37(2)5-7-38/h8-15H,4-7H2,1-3H3,(H,34,40). The molecule has 4 heterocycles. The first-order valence-electron chi connectivity index (χ1n) is 12.6. The van der Waals surface area contributed by atoms with Gasteiger partial charge in [0.2, 0.25) is 0 Å². The molecule has 214 valence electrons. The number of hydrogen-bond acceptors (Lipinski definition) is 8. The van der Waals surface area contributed by atoms with E-state index in [1.807, 2.05) is 11.9 Å². The van der Waals surface area contributed by atoms with Gasteiger partial charge in [-0.2, -0.15) is 13.2 Å². The van der Waals surface area contributed by atoms with Crippen molar-refractivity contribution in [1.82, 2.24) is 29.9 Å². The van der Waals surface area contributed by atoms with E-state index < -0.39 is 23.5 Å². The summed E-state index contributed by atoms with van der Waals surface area (Å²) < 4.78 is 62.8. The molecule has 1 aromatic carbocycles. The Morgan fingerprint density at radius 1 is 1.02 bits per heavy atom. The molecule has 0 bridgehead atoms. The molecule has 0 radical (unpaired) electrons. The van der Waals surface area contributed by atoms with Crippen molar-refractivity contribution in [3.63, 3.8) is 0 Å². The molecule has 14 heteroatoms. The van der Waals surface area contributed by atoms with Gasteiger partial charge < -0.3 is 19.9 Å². The molecular weight excluding hydrogens is 544 g/mol. The number of pyridine rings is 2. The van der Waals surface area contributed by atoms with Crippen LogP contribution in [0.2, 0.25) is 0 Å². The molecule has 1 aliphatic heterocycles. The van der Waals surface area contributed by atoms with Gasteiger partial charge in [-0.1, -0.05) is 5.21 Å². The second kappa shape index (κ2) is 11.1. The molecule has 1 aliphatic rings. The van der Waals surface area contributed by atoms with Gasteiger partial charge in [-0.15, -0.1) is 5.10 Å². The number of hydrogen-bond donors (Lipinski definition) is 1. The molecule has 10 nitrogen and oxygen atoms in total. The summed E-state index contributed by atoms with van der Waals surface area (Å²) in [6, 6.07) is 5.06. The number of piperazine rings is 1. The highest BCUT2D eigenvalue weighted by Crippen LogP contribution is 2.38. The molecule has 0 unspecified atom stereocenters. The molecule has 0 spiro atoms. The summed E-state index contributed by atoms with van der Waals surface area (Å²) in [5.41, 5.74) is 0.317. The predicted molar refractivity (Wildman–Crippen MR) is 143 cm³/mol. The monoisotopic (exact) mass is 570 g/mol. The van der Waals surface area contributed by atoms with E-state index in [-0.39, 0.29) is 16.9 Å². The van der Waals surface area contributed by atoms with Crippen LogP contribution in [-0.2, 0) is 6.18 Å². The number of halogens is 4. The topological polar surface area (TPSA) is 101 Å². The lowest BCUT2D eigenvalue weighted by Gasteiger charge is -2.34. The van der Waals surface area contributed by atoms with Gasteiger partial charge in [-0.3, -0.25) is 14.8 Å². The van der Waals surface area contributed by atoms with Crippen molar-refractivity contribution in [2.75, 3.05) is 50.6 Å². The predicted octanol–water partition coefficient (Wildman–Crippen LogP) is 4.20. The van der Waals surface area contributed by atoms with E-state index in [2.05, 4.69) is 25.6 Å². The minimum atomic E-state index is -4.95. The summed E-state index contributed by atoms with van der Waals surface area (Å²) in [6.45, 7) is 3.53. The Balaban J connectivity index is 1.43. The molecule has 0 aliphatic carbocycles. The summed E-state index contributed by atoms with van der Waals surface area (Å²) in [4.78, 5) is 25.1. The van der Waals surface area contributed by atoms with E-state index in [0.29, 0.717) is 60.6 Å². The Labute approximate surface area is 232 Å². The second-order valence-electron chi connectivity index (χ2n) is 9.59. The maximum Gasteiger partial charge on any atom is 0.419 e. The fourth-order valence-electron chi connectivity index (χ4n) is 4.43. The first kappa shape index (κ1) is 28.0. The first-order valence-corrected chi connectivity index (χ1v) is 12.6. The number of ether oxygens (including phenoxy) is 1. The number of anilines is 2. The van der Waals surface area contributed by atoms with Gasteiger partial charge in [0.1, 0.15) is 11.4 Å². The van der Waals surface area contributed by atoms with Crippen molar-refractivity contribution in [2.24, 2.45) is 0 Å². The Kier molecular flexibility index (Phi) is 7.58. The Morgan fingerprint density at radius 2 is 1.78 bits per heavy atom. The number of aryl methyl sites for hydroxylation is 1. The van der Waals surface area contributed by atoms with Crippen molar-refractivity contribution < 1.29 is 27.1 Å². The van der Waals surface area contributed by atoms with Crippen LogP contribution in [0.3, 0.4) is 0 Å². The summed E-state index contributed by atoms with van der Waals surface area (Å²) in [7, 11) is 3.40. The maximum absolute atomic E-state index is 15.0. The molecule has 3 aromatic heterocycles. The number of alkyl halides is 3. The molecule has 0 saturated carbocycles. The smallest absolute Gasteiger partial charge is 0.419 e. The van der Waals surface area contributed by atoms with E-state index in [4.69, 9.17) is 4.74 Å². The fourth-order valence-corrected chi connectivity index (χ4v) is 4.43. The van der Waals surface area contributed by atoms with Gasteiger partial charge in [-0.05, 0) is 38.2 Å². The quantitative estimate of drug-likeness (QED) is 0.345. The zero-order valence-electron chi connectivity index (χ0n) is 22.4. The van der Waals surface area contributed by atoms with Crippen LogP contribution in [0.1, 0.15) is 21.6 Å². The van der Waals surface area contributed by atoms with Gasteiger partial charge >= 0.3 is 6.18 Å². The third kappa shape index (κ3) is 5.96. The maximum atomic E-state index is 15.0. The number of likely N-dealkylation sites (N-methyl/N-ethyl adjacent to an activating group) is 1. The lowest BCUT2D eigenvalue weighted by atomic mass is 10.1. The van der Waals surface area contributed by atoms with Gasteiger partial charge in [0.15, 0.2) is 5.82 Å². The van der Waals surface area contributed by atoms with Crippen LogP contribution in [0.25, 0.3) is 16.9 Å². The largest absolute Gasteiger partial charge is 0.495 e. The van der Waals surface area contributed by atoms with E-state index in [1.54, 1.807) is 36.5 Å². The molecular formula is C27H26F4N8O2. The summed E-state index contributed by atoms with van der Waals surface area (Å²) in [5, 5.41) is 10.8. The highest BCUT2D eigenvalue weighted by Gasteiger charge is 2.37. The minimum Gasteiger partial charge on any atom is -0.495 e. The van der Waals surface area contributed by atoms with Crippen molar-refractivity contribution in [1.29, 1.82) is 0 Å². The van der Waals surface area contributed by atoms with Crippen LogP contribution in [0, 0.1) is 12.7 Å². The highest BCUT2D eigenvalue weighted by molar-refractivity contribution is 6.04. The molecule has 1 fully saturated rings. The van der Waals surface area contributed by atoms with E-state index in [0.717, 1.165) is 0 Å². The van der Waals surface area contributed by atoms with Crippen molar-refractivity contribution in [3.05, 3.63) is 71.7 Å². The van der Waals surface area contributed by atoms with Crippen LogP contribution < -0.4 is 15.0 Å². The van der Waals surface area contributed by atoms with Crippen molar-refractivity contribution in [2.45, 2.75) is 13.1 Å². The molecule has 5 rings (SSSR count). The summed E-state index contributed by atoms with van der Waals surface area (Å²) in [6.07, 6.45) is 1.12. The fraction of sp³-hybridized carbons (Fsp3) is 0.296. The molecule has 1 amide bonds. The minimum absolute atomic E-state index is 0.0599. The average molecular weight is 571 g/mol. The first-order chi connectivity index (χ1) is 19.5. The lowest BCUT2D eigenvalue weighted by molar-refractivity contribution is -0.139. The zero-order valence-corrected chi connectivity index (χ0v) is 22.4. The van der Waals surface area contributed by atoms with Crippen LogP contribution in [0.5, 0.6) is 5.75 Å². The molecule has 41 heavy (non-hydrogen) atoms. The molecule has 1 N–H and O–H groups in total. The zero-order chi connectivity index (χ0) is 29.3. The summed E-state index contributed by atoms with van der Waals surface area (Å²) in [5.74, 6) is -1.55. The summed E-state index contributed by atoms with van der Waals surface area (Å²) >= 11 is 0. The van der Waals surface area contributed by atoms with Crippen molar-refractivity contribution >= 4 is 17.3 Å². The van der Waals surface area contributed by atoms with Crippen LogP contribution >= 0.6 is 0 Å². The third-order valence-electron chi connectivity index (χ3n) is 6.77. The van der Waals surface area contributed by atoms with Gasteiger partial charge in [0.25, 0.3) is 5.91 Å². The molecule has 4 aromatic rings. The number of carbonyl (C=O) groups excluding carboxylic acids is 1. The Hall–Kier alpha value is -4.59. The number of benzene rings is 1. The number of nitrogens with one attached hydrogen (secondary N) is 1. The third-order valence-corrected chi connectivity index (χ3v) is 6.77. The Morgan fingerprint density at radius 3 is 2.49 bits per heavy atom.